The average Bonchev–Trinajstić information content (AvgIpc) is 3.15. The molecule has 156 valence electrons. The maximum atomic E-state index is 11.3. The largest absolute Gasteiger partial charge is 0.390 e. The van der Waals surface area contributed by atoms with E-state index in [1.165, 1.54) is 5.56 Å². The van der Waals surface area contributed by atoms with Crippen molar-refractivity contribution in [3.63, 3.8) is 0 Å². The van der Waals surface area contributed by atoms with Gasteiger partial charge in [0.05, 0.1) is 23.7 Å². The lowest BCUT2D eigenvalue weighted by atomic mass is 9.91. The Morgan fingerprint density at radius 2 is 1.83 bits per heavy atom. The first-order chi connectivity index (χ1) is 13.8. The van der Waals surface area contributed by atoms with Gasteiger partial charge in [0, 0.05) is 38.2 Å². The van der Waals surface area contributed by atoms with Crippen molar-refractivity contribution in [3.8, 4) is 0 Å². The predicted molar refractivity (Wildman–Crippen MR) is 114 cm³/mol. The lowest BCUT2D eigenvalue weighted by molar-refractivity contribution is 0.0355. The molecule has 0 spiro atoms. The molecule has 0 amide bonds. The van der Waals surface area contributed by atoms with Crippen molar-refractivity contribution in [2.75, 3.05) is 30.6 Å². The third-order valence-corrected chi connectivity index (χ3v) is 6.73. The molecular formula is C22H29N3O3S. The molecule has 29 heavy (non-hydrogen) atoms. The third kappa shape index (κ3) is 5.35. The first-order valence-electron chi connectivity index (χ1n) is 10.2. The second kappa shape index (κ2) is 8.05. The fourth-order valence-electron chi connectivity index (χ4n) is 4.98. The number of aliphatic hydroxyl groups is 1. The van der Waals surface area contributed by atoms with Gasteiger partial charge in [-0.05, 0) is 42.4 Å². The zero-order chi connectivity index (χ0) is 20.5. The van der Waals surface area contributed by atoms with Crippen molar-refractivity contribution < 1.29 is 13.5 Å². The zero-order valence-electron chi connectivity index (χ0n) is 16.8. The number of likely N-dealkylation sites (tertiary alicyclic amines) is 1. The Hall–Kier alpha value is -1.96. The van der Waals surface area contributed by atoms with Crippen LogP contribution in [-0.4, -0.2) is 54.9 Å². The van der Waals surface area contributed by atoms with Crippen LogP contribution < -0.4 is 4.72 Å². The van der Waals surface area contributed by atoms with Gasteiger partial charge in [0.25, 0.3) is 0 Å². The summed E-state index contributed by atoms with van der Waals surface area (Å²) in [5.41, 5.74) is 2.10. The highest BCUT2D eigenvalue weighted by molar-refractivity contribution is 7.92. The molecule has 2 aliphatic rings. The van der Waals surface area contributed by atoms with E-state index in [1.54, 1.807) is 12.3 Å². The standard InChI is InChI=1S/C22H29N3O3S/c1-29(27,28)24-21-8-7-20(23-14-21)9-10-25-15-18-12-22(26,13-19(18)16-25)11-17-5-3-2-4-6-17/h2-8,14,18-19,24,26H,9-13,15-16H2,1H3/t18-,19+,22-. The molecule has 6 nitrogen and oxygen atoms in total. The Bertz CT molecular complexity index is 918. The van der Waals surface area contributed by atoms with Crippen LogP contribution >= 0.6 is 0 Å². The highest BCUT2D eigenvalue weighted by atomic mass is 32.2. The summed E-state index contributed by atoms with van der Waals surface area (Å²) in [4.78, 5) is 6.85. The second-order valence-electron chi connectivity index (χ2n) is 8.74. The number of nitrogens with one attached hydrogen (secondary N) is 1. The summed E-state index contributed by atoms with van der Waals surface area (Å²) in [7, 11) is -3.27. The summed E-state index contributed by atoms with van der Waals surface area (Å²) in [6.45, 7) is 3.01. The Kier molecular flexibility index (Phi) is 5.64. The lowest BCUT2D eigenvalue weighted by Crippen LogP contribution is -2.32. The van der Waals surface area contributed by atoms with Gasteiger partial charge in [0.15, 0.2) is 0 Å². The average molecular weight is 416 g/mol. The SMILES string of the molecule is CS(=O)(=O)Nc1ccc(CCN2C[C@@H]3C[C@@](O)(Cc4ccccc4)C[C@@H]3C2)nc1. The molecule has 3 atom stereocenters. The van der Waals surface area contributed by atoms with Crippen LogP contribution in [0.5, 0.6) is 0 Å². The van der Waals surface area contributed by atoms with Gasteiger partial charge >= 0.3 is 0 Å². The van der Waals surface area contributed by atoms with Gasteiger partial charge in [0.2, 0.25) is 10.0 Å². The van der Waals surface area contributed by atoms with Gasteiger partial charge < -0.3 is 10.0 Å². The smallest absolute Gasteiger partial charge is 0.229 e. The highest BCUT2D eigenvalue weighted by Crippen LogP contribution is 2.45. The molecule has 0 bridgehead atoms. The van der Waals surface area contributed by atoms with Crippen molar-refractivity contribution in [1.82, 2.24) is 9.88 Å². The van der Waals surface area contributed by atoms with Gasteiger partial charge in [-0.25, -0.2) is 8.42 Å². The molecule has 2 N–H and O–H groups in total. The number of fused-ring (bicyclic) bond motifs is 1. The van der Waals surface area contributed by atoms with Crippen molar-refractivity contribution in [2.45, 2.75) is 31.3 Å². The summed E-state index contributed by atoms with van der Waals surface area (Å²) in [6.07, 6.45) is 6.05. The highest BCUT2D eigenvalue weighted by Gasteiger charge is 2.47. The van der Waals surface area contributed by atoms with Crippen LogP contribution in [0.25, 0.3) is 0 Å². The van der Waals surface area contributed by atoms with Crippen molar-refractivity contribution in [2.24, 2.45) is 11.8 Å². The second-order valence-corrected chi connectivity index (χ2v) is 10.5. The molecule has 1 aliphatic heterocycles. The fraction of sp³-hybridized carbons (Fsp3) is 0.500. The molecule has 1 saturated carbocycles. The molecule has 0 unspecified atom stereocenters. The summed E-state index contributed by atoms with van der Waals surface area (Å²) >= 11 is 0. The van der Waals surface area contributed by atoms with Crippen LogP contribution in [-0.2, 0) is 22.9 Å². The van der Waals surface area contributed by atoms with E-state index in [2.05, 4.69) is 26.7 Å². The monoisotopic (exact) mass is 415 g/mol. The van der Waals surface area contributed by atoms with Crippen LogP contribution in [0.2, 0.25) is 0 Å². The lowest BCUT2D eigenvalue weighted by Gasteiger charge is -2.26. The number of benzene rings is 1. The number of hydrogen-bond acceptors (Lipinski definition) is 5. The number of hydrogen-bond donors (Lipinski definition) is 2. The number of nitrogens with zero attached hydrogens (tertiary/aromatic N) is 2. The molecule has 1 aromatic heterocycles. The summed E-state index contributed by atoms with van der Waals surface area (Å²) in [6, 6.07) is 13.9. The van der Waals surface area contributed by atoms with Crippen LogP contribution in [0.15, 0.2) is 48.7 Å². The molecule has 2 aromatic rings. The van der Waals surface area contributed by atoms with Crippen LogP contribution in [0.3, 0.4) is 0 Å². The number of anilines is 1. The minimum Gasteiger partial charge on any atom is -0.390 e. The first-order valence-corrected chi connectivity index (χ1v) is 12.1. The van der Waals surface area contributed by atoms with Gasteiger partial charge in [-0.2, -0.15) is 0 Å². The molecule has 7 heteroatoms. The van der Waals surface area contributed by atoms with E-state index < -0.39 is 15.6 Å². The van der Waals surface area contributed by atoms with Crippen LogP contribution in [0.1, 0.15) is 24.1 Å². The van der Waals surface area contributed by atoms with E-state index in [-0.39, 0.29) is 0 Å². The zero-order valence-corrected chi connectivity index (χ0v) is 17.6. The van der Waals surface area contributed by atoms with Crippen LogP contribution in [0.4, 0.5) is 5.69 Å². The Morgan fingerprint density at radius 1 is 1.14 bits per heavy atom. The van der Waals surface area contributed by atoms with Crippen molar-refractivity contribution >= 4 is 15.7 Å². The Labute approximate surface area is 173 Å². The fourth-order valence-corrected chi connectivity index (χ4v) is 5.53. The molecule has 1 saturated heterocycles. The van der Waals surface area contributed by atoms with E-state index >= 15 is 0 Å². The van der Waals surface area contributed by atoms with E-state index in [1.807, 2.05) is 24.3 Å². The maximum absolute atomic E-state index is 11.3. The van der Waals surface area contributed by atoms with Gasteiger partial charge in [-0.1, -0.05) is 30.3 Å². The van der Waals surface area contributed by atoms with Crippen LogP contribution in [0, 0.1) is 11.8 Å². The molecule has 4 rings (SSSR count). The summed E-state index contributed by atoms with van der Waals surface area (Å²) in [5, 5.41) is 11.1. The quantitative estimate of drug-likeness (QED) is 0.725. The first kappa shape index (κ1) is 20.3. The molecule has 2 fully saturated rings. The summed E-state index contributed by atoms with van der Waals surface area (Å²) < 4.78 is 25.0. The van der Waals surface area contributed by atoms with Gasteiger partial charge in [-0.15, -0.1) is 0 Å². The topological polar surface area (TPSA) is 82.5 Å². The normalized spacial score (nSPS) is 27.1. The Morgan fingerprint density at radius 3 is 2.41 bits per heavy atom. The number of pyridine rings is 1. The minimum atomic E-state index is -3.27. The van der Waals surface area contributed by atoms with E-state index in [0.29, 0.717) is 17.5 Å². The minimum absolute atomic E-state index is 0.490. The number of sulfonamides is 1. The number of rotatable bonds is 7. The van der Waals surface area contributed by atoms with E-state index in [4.69, 9.17) is 0 Å². The molecule has 0 radical (unpaired) electrons. The molecule has 1 aromatic carbocycles. The Balaban J connectivity index is 1.26. The van der Waals surface area contributed by atoms with Crippen molar-refractivity contribution in [1.29, 1.82) is 0 Å². The van der Waals surface area contributed by atoms with Crippen molar-refractivity contribution in [3.05, 3.63) is 59.9 Å². The molecular weight excluding hydrogens is 386 g/mol. The molecule has 1 aliphatic carbocycles. The molecule has 2 heterocycles. The summed E-state index contributed by atoms with van der Waals surface area (Å²) in [5.74, 6) is 1.14. The van der Waals surface area contributed by atoms with Gasteiger partial charge in [-0.3, -0.25) is 9.71 Å². The van der Waals surface area contributed by atoms with Gasteiger partial charge in [0.1, 0.15) is 0 Å². The third-order valence-electron chi connectivity index (χ3n) is 6.12. The number of aromatic nitrogens is 1. The van der Waals surface area contributed by atoms with E-state index in [0.717, 1.165) is 57.3 Å². The van der Waals surface area contributed by atoms with E-state index in [9.17, 15) is 13.5 Å². The predicted octanol–water partition coefficient (Wildman–Crippen LogP) is 2.31. The maximum Gasteiger partial charge on any atom is 0.229 e.